The molecule has 0 aromatic heterocycles. The van der Waals surface area contributed by atoms with Crippen LogP contribution in [0, 0.1) is 5.82 Å². The first-order valence-corrected chi connectivity index (χ1v) is 7.08. The van der Waals surface area contributed by atoms with E-state index in [9.17, 15) is 9.50 Å². The van der Waals surface area contributed by atoms with E-state index in [-0.39, 0.29) is 5.82 Å². The first-order chi connectivity index (χ1) is 8.56. The van der Waals surface area contributed by atoms with Crippen molar-refractivity contribution in [3.8, 4) is 0 Å². The monoisotopic (exact) mass is 326 g/mol. The van der Waals surface area contributed by atoms with Crippen LogP contribution in [0.3, 0.4) is 0 Å². The number of hydrogen-bond acceptors (Lipinski definition) is 2. The van der Waals surface area contributed by atoms with Crippen molar-refractivity contribution >= 4 is 27.7 Å². The van der Waals surface area contributed by atoms with Gasteiger partial charge in [-0.15, -0.1) is 0 Å². The molecular weight excluding hydrogens is 315 g/mol. The molecule has 2 aromatic carbocycles. The minimum absolute atomic E-state index is 0.329. The number of aliphatic hydroxyl groups is 1. The number of aliphatic hydroxyl groups excluding tert-OH is 1. The topological polar surface area (TPSA) is 20.2 Å². The molecule has 0 saturated carbocycles. The molecule has 1 N–H and O–H groups in total. The van der Waals surface area contributed by atoms with Gasteiger partial charge in [-0.2, -0.15) is 0 Å². The molecule has 0 spiro atoms. The van der Waals surface area contributed by atoms with Crippen LogP contribution in [0.4, 0.5) is 4.39 Å². The standard InChI is InChI=1S/C14H12BrFOS/c1-9(17)13-8-11(16)5-6-14(13)18-12-4-2-3-10(15)7-12/h2-9,17H,1H3/t9-/m0/s1. The Morgan fingerprint density at radius 1 is 1.22 bits per heavy atom. The second-order valence-electron chi connectivity index (χ2n) is 3.92. The van der Waals surface area contributed by atoms with Crippen LogP contribution in [0.5, 0.6) is 0 Å². The maximum absolute atomic E-state index is 13.2. The van der Waals surface area contributed by atoms with E-state index in [0.717, 1.165) is 14.3 Å². The lowest BCUT2D eigenvalue weighted by Gasteiger charge is -2.11. The summed E-state index contributed by atoms with van der Waals surface area (Å²) in [5.74, 6) is -0.329. The summed E-state index contributed by atoms with van der Waals surface area (Å²) in [7, 11) is 0. The Morgan fingerprint density at radius 2 is 2.00 bits per heavy atom. The Hall–Kier alpha value is -0.840. The van der Waals surface area contributed by atoms with Crippen LogP contribution < -0.4 is 0 Å². The zero-order valence-electron chi connectivity index (χ0n) is 9.73. The highest BCUT2D eigenvalue weighted by molar-refractivity contribution is 9.10. The highest BCUT2D eigenvalue weighted by Crippen LogP contribution is 2.34. The van der Waals surface area contributed by atoms with Crippen molar-refractivity contribution in [1.29, 1.82) is 0 Å². The molecule has 0 heterocycles. The summed E-state index contributed by atoms with van der Waals surface area (Å²) in [5, 5.41) is 9.67. The number of hydrogen-bond donors (Lipinski definition) is 1. The molecule has 0 bridgehead atoms. The summed E-state index contributed by atoms with van der Waals surface area (Å²) in [6.07, 6.45) is -0.685. The SMILES string of the molecule is C[C@H](O)c1cc(F)ccc1Sc1cccc(Br)c1. The molecule has 0 amide bonds. The summed E-state index contributed by atoms with van der Waals surface area (Å²) in [5.41, 5.74) is 0.611. The molecule has 2 aromatic rings. The molecule has 0 aliphatic heterocycles. The molecule has 94 valence electrons. The molecule has 2 rings (SSSR count). The zero-order valence-corrected chi connectivity index (χ0v) is 12.1. The van der Waals surface area contributed by atoms with E-state index in [4.69, 9.17) is 0 Å². The Balaban J connectivity index is 2.34. The first kappa shape index (κ1) is 13.6. The summed E-state index contributed by atoms with van der Waals surface area (Å²) in [4.78, 5) is 1.90. The zero-order chi connectivity index (χ0) is 13.1. The highest BCUT2D eigenvalue weighted by Gasteiger charge is 2.10. The third-order valence-electron chi connectivity index (χ3n) is 2.45. The van der Waals surface area contributed by atoms with E-state index in [1.54, 1.807) is 13.0 Å². The van der Waals surface area contributed by atoms with Crippen LogP contribution in [0.1, 0.15) is 18.6 Å². The average Bonchev–Trinajstić information content (AvgIpc) is 2.31. The van der Waals surface area contributed by atoms with Crippen molar-refractivity contribution in [3.05, 3.63) is 58.3 Å². The van der Waals surface area contributed by atoms with Crippen LogP contribution >= 0.6 is 27.7 Å². The summed E-state index contributed by atoms with van der Waals surface area (Å²) in [6, 6.07) is 12.3. The summed E-state index contributed by atoms with van der Waals surface area (Å²) in [6.45, 7) is 1.64. The first-order valence-electron chi connectivity index (χ1n) is 5.47. The van der Waals surface area contributed by atoms with Crippen molar-refractivity contribution < 1.29 is 9.50 Å². The van der Waals surface area contributed by atoms with Crippen LogP contribution in [0.15, 0.2) is 56.7 Å². The number of halogens is 2. The van der Waals surface area contributed by atoms with Crippen LogP contribution in [0.25, 0.3) is 0 Å². The Kier molecular flexibility index (Phi) is 4.43. The smallest absolute Gasteiger partial charge is 0.123 e. The molecule has 0 fully saturated rings. The van der Waals surface area contributed by atoms with E-state index in [0.29, 0.717) is 5.56 Å². The average molecular weight is 327 g/mol. The second-order valence-corrected chi connectivity index (χ2v) is 5.95. The van der Waals surface area contributed by atoms with Gasteiger partial charge in [0.15, 0.2) is 0 Å². The van der Waals surface area contributed by atoms with Crippen LogP contribution in [-0.2, 0) is 0 Å². The number of rotatable bonds is 3. The molecule has 4 heteroatoms. The molecule has 0 radical (unpaired) electrons. The normalized spacial score (nSPS) is 12.4. The molecule has 1 nitrogen and oxygen atoms in total. The minimum Gasteiger partial charge on any atom is -0.389 e. The Morgan fingerprint density at radius 3 is 2.67 bits per heavy atom. The van der Waals surface area contributed by atoms with Crippen molar-refractivity contribution in [1.82, 2.24) is 0 Å². The van der Waals surface area contributed by atoms with E-state index in [2.05, 4.69) is 15.9 Å². The lowest BCUT2D eigenvalue weighted by molar-refractivity contribution is 0.196. The molecule has 0 aliphatic rings. The van der Waals surface area contributed by atoms with Gasteiger partial charge in [-0.1, -0.05) is 33.8 Å². The maximum Gasteiger partial charge on any atom is 0.123 e. The van der Waals surface area contributed by atoms with Crippen LogP contribution in [0.2, 0.25) is 0 Å². The lowest BCUT2D eigenvalue weighted by atomic mass is 10.1. The van der Waals surface area contributed by atoms with E-state index in [1.165, 1.54) is 23.9 Å². The van der Waals surface area contributed by atoms with Crippen molar-refractivity contribution in [2.24, 2.45) is 0 Å². The molecule has 0 aliphatic carbocycles. The Bertz CT molecular complexity index is 557. The fraction of sp³-hybridized carbons (Fsp3) is 0.143. The van der Waals surface area contributed by atoms with Gasteiger partial charge < -0.3 is 5.11 Å². The maximum atomic E-state index is 13.2. The predicted octanol–water partition coefficient (Wildman–Crippen LogP) is 4.79. The quantitative estimate of drug-likeness (QED) is 0.874. The third-order valence-corrected chi connectivity index (χ3v) is 4.02. The van der Waals surface area contributed by atoms with Gasteiger partial charge in [0.1, 0.15) is 5.82 Å². The van der Waals surface area contributed by atoms with Gasteiger partial charge in [-0.05, 0) is 48.9 Å². The van der Waals surface area contributed by atoms with Gasteiger partial charge in [-0.3, -0.25) is 0 Å². The second kappa shape index (κ2) is 5.87. The van der Waals surface area contributed by atoms with E-state index >= 15 is 0 Å². The number of benzene rings is 2. The highest BCUT2D eigenvalue weighted by atomic mass is 79.9. The molecular formula is C14H12BrFOS. The third kappa shape index (κ3) is 3.34. The van der Waals surface area contributed by atoms with Crippen LogP contribution in [-0.4, -0.2) is 5.11 Å². The summed E-state index contributed by atoms with van der Waals surface area (Å²) < 4.78 is 14.2. The van der Waals surface area contributed by atoms with Gasteiger partial charge in [0.25, 0.3) is 0 Å². The molecule has 0 saturated heterocycles. The van der Waals surface area contributed by atoms with Crippen molar-refractivity contribution in [3.63, 3.8) is 0 Å². The molecule has 18 heavy (non-hydrogen) atoms. The van der Waals surface area contributed by atoms with Crippen molar-refractivity contribution in [2.75, 3.05) is 0 Å². The minimum atomic E-state index is -0.685. The van der Waals surface area contributed by atoms with Gasteiger partial charge in [0, 0.05) is 14.3 Å². The molecule has 1 atom stereocenters. The summed E-state index contributed by atoms with van der Waals surface area (Å²) >= 11 is 4.92. The van der Waals surface area contributed by atoms with Gasteiger partial charge in [0.2, 0.25) is 0 Å². The van der Waals surface area contributed by atoms with Gasteiger partial charge in [-0.25, -0.2) is 4.39 Å². The lowest BCUT2D eigenvalue weighted by Crippen LogP contribution is -1.95. The van der Waals surface area contributed by atoms with Crippen molar-refractivity contribution in [2.45, 2.75) is 22.8 Å². The van der Waals surface area contributed by atoms with E-state index in [1.807, 2.05) is 24.3 Å². The largest absolute Gasteiger partial charge is 0.389 e. The predicted molar refractivity (Wildman–Crippen MR) is 75.3 cm³/mol. The van der Waals surface area contributed by atoms with E-state index < -0.39 is 6.10 Å². The molecule has 0 unspecified atom stereocenters. The fourth-order valence-electron chi connectivity index (χ4n) is 1.60. The Labute approximate surface area is 118 Å². The van der Waals surface area contributed by atoms with Gasteiger partial charge >= 0.3 is 0 Å². The van der Waals surface area contributed by atoms with Gasteiger partial charge in [0.05, 0.1) is 6.10 Å². The fourth-order valence-corrected chi connectivity index (χ4v) is 3.22.